The van der Waals surface area contributed by atoms with Gasteiger partial charge in [0.1, 0.15) is 0 Å². The molecule has 1 aromatic heterocycles. The van der Waals surface area contributed by atoms with Crippen LogP contribution in [0.3, 0.4) is 0 Å². The molecule has 0 unspecified atom stereocenters. The molecule has 0 radical (unpaired) electrons. The van der Waals surface area contributed by atoms with Crippen LogP contribution < -0.4 is 0 Å². The molecule has 0 spiro atoms. The summed E-state index contributed by atoms with van der Waals surface area (Å²) in [7, 11) is 0. The van der Waals surface area contributed by atoms with Crippen LogP contribution in [-0.2, 0) is 17.1 Å². The Balaban J connectivity index is 1.95. The summed E-state index contributed by atoms with van der Waals surface area (Å²) in [5.74, 6) is -1.23. The van der Waals surface area contributed by atoms with Crippen molar-refractivity contribution in [1.29, 1.82) is 0 Å². The fraction of sp³-hybridized carbons (Fsp3) is 0.375. The number of aromatic hydroxyl groups is 2. The van der Waals surface area contributed by atoms with E-state index in [0.29, 0.717) is 29.5 Å². The summed E-state index contributed by atoms with van der Waals surface area (Å²) in [6.07, 6.45) is -10.0. The minimum atomic E-state index is -5.03. The largest absolute Gasteiger partial charge is 0.494 e. The summed E-state index contributed by atoms with van der Waals surface area (Å²) < 4.78 is 84.3. The Hall–Kier alpha value is -2.36. The molecule has 26 heavy (non-hydrogen) atoms. The summed E-state index contributed by atoms with van der Waals surface area (Å²) in [5.41, 5.74) is -3.27. The first-order valence-electron chi connectivity index (χ1n) is 7.60. The molecule has 140 valence electrons. The molecule has 0 saturated carbocycles. The number of hydrogen-bond donors (Lipinski definition) is 2. The number of fused-ring (bicyclic) bond motifs is 5. The fourth-order valence-electron chi connectivity index (χ4n) is 3.59. The minimum Gasteiger partial charge on any atom is -0.494 e. The first kappa shape index (κ1) is 17.1. The second kappa shape index (κ2) is 5.09. The van der Waals surface area contributed by atoms with Crippen LogP contribution in [0.15, 0.2) is 18.2 Å². The van der Waals surface area contributed by atoms with Crippen LogP contribution in [-0.4, -0.2) is 14.8 Å². The van der Waals surface area contributed by atoms with Gasteiger partial charge in [-0.25, -0.2) is 0 Å². The van der Waals surface area contributed by atoms with Crippen LogP contribution in [0.25, 0.3) is 5.69 Å². The lowest BCUT2D eigenvalue weighted by atomic mass is 9.95. The van der Waals surface area contributed by atoms with Crippen LogP contribution in [0.2, 0.25) is 0 Å². The number of nitrogens with zero attached hydrogens (tertiary/aromatic N) is 1. The van der Waals surface area contributed by atoms with Gasteiger partial charge in [0.2, 0.25) is 11.8 Å². The van der Waals surface area contributed by atoms with Crippen molar-refractivity contribution in [2.24, 2.45) is 0 Å². The van der Waals surface area contributed by atoms with Crippen LogP contribution in [0.4, 0.5) is 26.3 Å². The summed E-state index contributed by atoms with van der Waals surface area (Å²) in [6.45, 7) is 0. The molecule has 2 aliphatic rings. The molecular formula is C16H11F6NO3. The lowest BCUT2D eigenvalue weighted by molar-refractivity contribution is -0.143. The van der Waals surface area contributed by atoms with Crippen LogP contribution in [0, 0.1) is 0 Å². The number of alkyl halides is 6. The molecule has 10 heteroatoms. The smallest absolute Gasteiger partial charge is 0.416 e. The molecule has 4 nitrogen and oxygen atoms in total. The minimum absolute atomic E-state index is 0.0123. The number of benzene rings is 1. The third kappa shape index (κ3) is 2.35. The first-order chi connectivity index (χ1) is 12.0. The van der Waals surface area contributed by atoms with Gasteiger partial charge in [0, 0.05) is 0 Å². The standard InChI is InChI=1S/C16H11F6NO3/c17-15(18,19)6-3-7(16(20,21)22)5-8(4-6)23-13(24)11-9-1-2-10(26-9)12(11)14(23)25/h3-5,9-10,24-25H,1-2H2/t9-,10+. The molecule has 2 N–H and O–H groups in total. The van der Waals surface area contributed by atoms with Crippen molar-refractivity contribution in [3.63, 3.8) is 0 Å². The van der Waals surface area contributed by atoms with E-state index in [4.69, 9.17) is 4.74 Å². The molecule has 2 aromatic rings. The highest BCUT2D eigenvalue weighted by Crippen LogP contribution is 2.58. The maximum Gasteiger partial charge on any atom is 0.416 e. The summed E-state index contributed by atoms with van der Waals surface area (Å²) >= 11 is 0. The van der Waals surface area contributed by atoms with Crippen LogP contribution in [0.1, 0.15) is 47.3 Å². The Kier molecular flexibility index (Phi) is 3.34. The van der Waals surface area contributed by atoms with E-state index < -0.39 is 53.1 Å². The normalized spacial score (nSPS) is 22.1. The van der Waals surface area contributed by atoms with Gasteiger partial charge in [0.25, 0.3) is 0 Å². The highest BCUT2D eigenvalue weighted by atomic mass is 19.4. The topological polar surface area (TPSA) is 54.6 Å². The zero-order chi connectivity index (χ0) is 19.0. The van der Waals surface area contributed by atoms with Crippen molar-refractivity contribution in [3.8, 4) is 17.4 Å². The maximum absolute atomic E-state index is 13.0. The van der Waals surface area contributed by atoms with Crippen molar-refractivity contribution >= 4 is 0 Å². The van der Waals surface area contributed by atoms with Crippen molar-refractivity contribution in [3.05, 3.63) is 40.5 Å². The van der Waals surface area contributed by atoms with Crippen molar-refractivity contribution < 1.29 is 41.3 Å². The highest BCUT2D eigenvalue weighted by Gasteiger charge is 2.46. The van der Waals surface area contributed by atoms with Gasteiger partial charge in [-0.05, 0) is 31.0 Å². The molecule has 0 amide bonds. The van der Waals surface area contributed by atoms with Gasteiger partial charge in [-0.2, -0.15) is 26.3 Å². The lowest BCUT2D eigenvalue weighted by Crippen LogP contribution is -2.12. The third-order valence-electron chi connectivity index (χ3n) is 4.69. The SMILES string of the molecule is Oc1c2c(c(O)n1-c1cc(C(F)(F)F)cc(C(F)(F)F)c1)[C@H]1CC[C@@H]2O1. The second-order valence-electron chi connectivity index (χ2n) is 6.26. The lowest BCUT2D eigenvalue weighted by Gasteiger charge is -2.16. The number of rotatable bonds is 1. The number of hydrogen-bond acceptors (Lipinski definition) is 3. The average Bonchev–Trinajstić information content (AvgIpc) is 3.19. The molecular weight excluding hydrogens is 368 g/mol. The van der Waals surface area contributed by atoms with E-state index in [1.807, 2.05) is 0 Å². The van der Waals surface area contributed by atoms with Gasteiger partial charge in [-0.3, -0.25) is 4.57 Å². The third-order valence-corrected chi connectivity index (χ3v) is 4.69. The van der Waals surface area contributed by atoms with Crippen molar-refractivity contribution in [2.45, 2.75) is 37.4 Å². The summed E-state index contributed by atoms with van der Waals surface area (Å²) in [4.78, 5) is 0. The zero-order valence-corrected chi connectivity index (χ0v) is 12.8. The van der Waals surface area contributed by atoms with E-state index in [2.05, 4.69) is 0 Å². The maximum atomic E-state index is 13.0. The van der Waals surface area contributed by atoms with E-state index in [1.54, 1.807) is 0 Å². The predicted molar refractivity (Wildman–Crippen MR) is 74.9 cm³/mol. The molecule has 1 aromatic carbocycles. The quantitative estimate of drug-likeness (QED) is 0.698. The second-order valence-corrected chi connectivity index (χ2v) is 6.26. The van der Waals surface area contributed by atoms with Crippen LogP contribution in [0.5, 0.6) is 11.8 Å². The van der Waals surface area contributed by atoms with E-state index in [0.717, 1.165) is 0 Å². The summed E-state index contributed by atoms with van der Waals surface area (Å²) in [5, 5.41) is 20.7. The van der Waals surface area contributed by atoms with Gasteiger partial charge < -0.3 is 14.9 Å². The van der Waals surface area contributed by atoms with E-state index >= 15 is 0 Å². The Bertz CT molecular complexity index is 833. The Morgan fingerprint density at radius 1 is 0.808 bits per heavy atom. The van der Waals surface area contributed by atoms with Crippen molar-refractivity contribution in [2.75, 3.05) is 0 Å². The van der Waals surface area contributed by atoms with Crippen molar-refractivity contribution in [1.82, 2.24) is 4.57 Å². The molecule has 1 saturated heterocycles. The first-order valence-corrected chi connectivity index (χ1v) is 7.60. The van der Waals surface area contributed by atoms with E-state index in [9.17, 15) is 36.6 Å². The average molecular weight is 379 g/mol. The van der Waals surface area contributed by atoms with E-state index in [-0.39, 0.29) is 17.2 Å². The van der Waals surface area contributed by atoms with Crippen LogP contribution >= 0.6 is 0 Å². The molecule has 0 aliphatic carbocycles. The van der Waals surface area contributed by atoms with Gasteiger partial charge in [0.05, 0.1) is 40.1 Å². The highest BCUT2D eigenvalue weighted by molar-refractivity contribution is 5.58. The van der Waals surface area contributed by atoms with E-state index in [1.165, 1.54) is 0 Å². The summed E-state index contributed by atoms with van der Waals surface area (Å²) in [6, 6.07) is 0.890. The van der Waals surface area contributed by atoms with Gasteiger partial charge in [-0.1, -0.05) is 0 Å². The number of ether oxygens (including phenoxy) is 1. The Morgan fingerprint density at radius 3 is 1.62 bits per heavy atom. The zero-order valence-electron chi connectivity index (χ0n) is 12.8. The van der Waals surface area contributed by atoms with Gasteiger partial charge in [-0.15, -0.1) is 0 Å². The Morgan fingerprint density at radius 2 is 1.23 bits per heavy atom. The van der Waals surface area contributed by atoms with Gasteiger partial charge in [0.15, 0.2) is 0 Å². The van der Waals surface area contributed by atoms with Gasteiger partial charge >= 0.3 is 12.4 Å². The monoisotopic (exact) mass is 379 g/mol. The molecule has 3 heterocycles. The number of halogens is 6. The molecule has 2 aliphatic heterocycles. The molecule has 1 fully saturated rings. The Labute approximate surface area is 142 Å². The molecule has 4 rings (SSSR count). The molecule has 2 atom stereocenters. The fourth-order valence-corrected chi connectivity index (χ4v) is 3.59. The number of aromatic nitrogens is 1. The molecule has 2 bridgehead atoms. The predicted octanol–water partition coefficient (Wildman–Crippen LogP) is 4.83.